The minimum atomic E-state index is -0.0664. The SMILES string of the molecule is CNc1ccc(/C=C/C(=O)c2ccc(Cl)cc2)cc1OC. The van der Waals surface area contributed by atoms with Crippen LogP contribution in [0.4, 0.5) is 5.69 Å². The van der Waals surface area contributed by atoms with Gasteiger partial charge in [0.25, 0.3) is 0 Å². The van der Waals surface area contributed by atoms with Gasteiger partial charge in [-0.2, -0.15) is 0 Å². The molecule has 1 N–H and O–H groups in total. The van der Waals surface area contributed by atoms with Crippen LogP contribution in [0.25, 0.3) is 6.08 Å². The van der Waals surface area contributed by atoms with Gasteiger partial charge >= 0.3 is 0 Å². The van der Waals surface area contributed by atoms with E-state index in [1.807, 2.05) is 25.2 Å². The second kappa shape index (κ2) is 6.95. The molecule has 4 heteroatoms. The number of methoxy groups -OCH3 is 1. The third-order valence-electron chi connectivity index (χ3n) is 3.05. The van der Waals surface area contributed by atoms with Gasteiger partial charge < -0.3 is 10.1 Å². The Kier molecular flexibility index (Phi) is 5.01. The Morgan fingerprint density at radius 3 is 2.52 bits per heavy atom. The molecule has 0 heterocycles. The van der Waals surface area contributed by atoms with Crippen LogP contribution in [0.2, 0.25) is 5.02 Å². The summed E-state index contributed by atoms with van der Waals surface area (Å²) in [6, 6.07) is 12.5. The number of carbonyl (C=O) groups excluding carboxylic acids is 1. The van der Waals surface area contributed by atoms with Gasteiger partial charge in [-0.1, -0.05) is 23.7 Å². The Morgan fingerprint density at radius 1 is 1.19 bits per heavy atom. The molecule has 0 fully saturated rings. The molecule has 0 unspecified atom stereocenters. The molecule has 0 atom stereocenters. The van der Waals surface area contributed by atoms with Crippen molar-refractivity contribution < 1.29 is 9.53 Å². The van der Waals surface area contributed by atoms with Gasteiger partial charge in [0.2, 0.25) is 0 Å². The lowest BCUT2D eigenvalue weighted by atomic mass is 10.1. The molecule has 3 nitrogen and oxygen atoms in total. The van der Waals surface area contributed by atoms with Crippen molar-refractivity contribution in [3.8, 4) is 5.75 Å². The second-order valence-corrected chi connectivity index (χ2v) is 4.85. The molecule has 0 bridgehead atoms. The fourth-order valence-electron chi connectivity index (χ4n) is 1.90. The molecule has 0 amide bonds. The van der Waals surface area contributed by atoms with E-state index in [9.17, 15) is 4.79 Å². The Bertz CT molecular complexity index is 663. The summed E-state index contributed by atoms with van der Waals surface area (Å²) in [5.74, 6) is 0.668. The summed E-state index contributed by atoms with van der Waals surface area (Å²) in [5, 5.41) is 3.65. The minimum absolute atomic E-state index is 0.0664. The van der Waals surface area contributed by atoms with E-state index in [-0.39, 0.29) is 5.78 Å². The Labute approximate surface area is 129 Å². The second-order valence-electron chi connectivity index (χ2n) is 4.41. The fourth-order valence-corrected chi connectivity index (χ4v) is 2.03. The van der Waals surface area contributed by atoms with Crippen molar-refractivity contribution in [3.05, 3.63) is 64.7 Å². The molecule has 0 saturated carbocycles. The van der Waals surface area contributed by atoms with Gasteiger partial charge in [-0.05, 0) is 48.0 Å². The molecule has 2 aromatic carbocycles. The standard InChI is InChI=1S/C17H16ClNO2/c1-19-15-9-3-12(11-17(15)21-2)4-10-16(20)13-5-7-14(18)8-6-13/h3-11,19H,1-2H3/b10-4+. The predicted molar refractivity (Wildman–Crippen MR) is 87.4 cm³/mol. The maximum absolute atomic E-state index is 12.0. The van der Waals surface area contributed by atoms with E-state index in [0.29, 0.717) is 10.6 Å². The monoisotopic (exact) mass is 301 g/mol. The number of ether oxygens (including phenoxy) is 1. The van der Waals surface area contributed by atoms with Crippen molar-refractivity contribution in [3.63, 3.8) is 0 Å². The smallest absolute Gasteiger partial charge is 0.185 e. The summed E-state index contributed by atoms with van der Waals surface area (Å²) in [6.07, 6.45) is 3.30. The van der Waals surface area contributed by atoms with Crippen LogP contribution in [-0.2, 0) is 0 Å². The summed E-state index contributed by atoms with van der Waals surface area (Å²) in [7, 11) is 3.44. The van der Waals surface area contributed by atoms with Crippen molar-refractivity contribution in [2.75, 3.05) is 19.5 Å². The average molecular weight is 302 g/mol. The number of anilines is 1. The number of allylic oxidation sites excluding steroid dienone is 1. The fraction of sp³-hybridized carbons (Fsp3) is 0.118. The lowest BCUT2D eigenvalue weighted by molar-refractivity contribution is 0.104. The topological polar surface area (TPSA) is 38.3 Å². The van der Waals surface area contributed by atoms with E-state index in [1.165, 1.54) is 6.08 Å². The van der Waals surface area contributed by atoms with Gasteiger partial charge in [-0.25, -0.2) is 0 Å². The summed E-state index contributed by atoms with van der Waals surface area (Å²) in [4.78, 5) is 12.0. The number of carbonyl (C=O) groups is 1. The van der Waals surface area contributed by atoms with Crippen molar-refractivity contribution in [1.29, 1.82) is 0 Å². The van der Waals surface area contributed by atoms with Crippen molar-refractivity contribution in [2.24, 2.45) is 0 Å². The van der Waals surface area contributed by atoms with E-state index in [1.54, 1.807) is 37.5 Å². The number of benzene rings is 2. The van der Waals surface area contributed by atoms with E-state index in [0.717, 1.165) is 17.0 Å². The van der Waals surface area contributed by atoms with Gasteiger partial charge in [0.15, 0.2) is 5.78 Å². The summed E-state index contributed by atoms with van der Waals surface area (Å²) >= 11 is 5.80. The van der Waals surface area contributed by atoms with Crippen molar-refractivity contribution in [1.82, 2.24) is 0 Å². The Hall–Kier alpha value is -2.26. The van der Waals surface area contributed by atoms with Crippen LogP contribution in [0, 0.1) is 0 Å². The van der Waals surface area contributed by atoms with Crippen LogP contribution in [0.5, 0.6) is 5.75 Å². The molecular weight excluding hydrogens is 286 g/mol. The largest absolute Gasteiger partial charge is 0.495 e. The van der Waals surface area contributed by atoms with Crippen LogP contribution in [-0.4, -0.2) is 19.9 Å². The molecule has 0 radical (unpaired) electrons. The van der Waals surface area contributed by atoms with E-state index < -0.39 is 0 Å². The Morgan fingerprint density at radius 2 is 1.90 bits per heavy atom. The molecule has 108 valence electrons. The minimum Gasteiger partial charge on any atom is -0.495 e. The number of hydrogen-bond donors (Lipinski definition) is 1. The summed E-state index contributed by atoms with van der Waals surface area (Å²) in [5.41, 5.74) is 2.40. The highest BCUT2D eigenvalue weighted by Gasteiger charge is 2.03. The van der Waals surface area contributed by atoms with E-state index in [4.69, 9.17) is 16.3 Å². The first-order chi connectivity index (χ1) is 10.1. The molecule has 0 aromatic heterocycles. The van der Waals surface area contributed by atoms with Crippen LogP contribution in [0.15, 0.2) is 48.5 Å². The zero-order valence-electron chi connectivity index (χ0n) is 11.9. The summed E-state index contributed by atoms with van der Waals surface area (Å²) in [6.45, 7) is 0. The first-order valence-electron chi connectivity index (χ1n) is 6.48. The zero-order chi connectivity index (χ0) is 15.2. The van der Waals surface area contributed by atoms with Gasteiger partial charge in [-0.3, -0.25) is 4.79 Å². The zero-order valence-corrected chi connectivity index (χ0v) is 12.6. The molecule has 21 heavy (non-hydrogen) atoms. The van der Waals surface area contributed by atoms with Gasteiger partial charge in [0.05, 0.1) is 12.8 Å². The van der Waals surface area contributed by atoms with Gasteiger partial charge in [0.1, 0.15) is 5.75 Å². The number of rotatable bonds is 5. The highest BCUT2D eigenvalue weighted by Crippen LogP contribution is 2.25. The molecular formula is C17H16ClNO2. The molecule has 2 rings (SSSR count). The first kappa shape index (κ1) is 15.1. The van der Waals surface area contributed by atoms with Crippen molar-refractivity contribution in [2.45, 2.75) is 0 Å². The number of hydrogen-bond acceptors (Lipinski definition) is 3. The molecule has 0 aliphatic carbocycles. The third kappa shape index (κ3) is 3.86. The average Bonchev–Trinajstić information content (AvgIpc) is 2.52. The number of ketones is 1. The predicted octanol–water partition coefficient (Wildman–Crippen LogP) is 4.29. The number of nitrogens with one attached hydrogen (secondary N) is 1. The summed E-state index contributed by atoms with van der Waals surface area (Å²) < 4.78 is 5.29. The quantitative estimate of drug-likeness (QED) is 0.661. The highest BCUT2D eigenvalue weighted by atomic mass is 35.5. The van der Waals surface area contributed by atoms with Crippen LogP contribution in [0.1, 0.15) is 15.9 Å². The van der Waals surface area contributed by atoms with Gasteiger partial charge in [0, 0.05) is 17.6 Å². The third-order valence-corrected chi connectivity index (χ3v) is 3.30. The highest BCUT2D eigenvalue weighted by molar-refractivity contribution is 6.30. The first-order valence-corrected chi connectivity index (χ1v) is 6.85. The Balaban J connectivity index is 2.17. The molecule has 2 aromatic rings. The van der Waals surface area contributed by atoms with Crippen LogP contribution < -0.4 is 10.1 Å². The van der Waals surface area contributed by atoms with Gasteiger partial charge in [-0.15, -0.1) is 0 Å². The van der Waals surface area contributed by atoms with Crippen LogP contribution >= 0.6 is 11.6 Å². The molecule has 0 saturated heterocycles. The molecule has 0 aliphatic heterocycles. The normalized spacial score (nSPS) is 10.6. The van der Waals surface area contributed by atoms with E-state index >= 15 is 0 Å². The molecule has 0 aliphatic rings. The maximum Gasteiger partial charge on any atom is 0.185 e. The molecule has 0 spiro atoms. The maximum atomic E-state index is 12.0. The number of halogens is 1. The van der Waals surface area contributed by atoms with Crippen molar-refractivity contribution >= 4 is 29.1 Å². The van der Waals surface area contributed by atoms with E-state index in [2.05, 4.69) is 5.32 Å². The lowest BCUT2D eigenvalue weighted by Crippen LogP contribution is -1.95. The lowest BCUT2D eigenvalue weighted by Gasteiger charge is -2.08. The van der Waals surface area contributed by atoms with Crippen LogP contribution in [0.3, 0.4) is 0 Å².